The van der Waals surface area contributed by atoms with Gasteiger partial charge in [0.1, 0.15) is 29.7 Å². The molecule has 8 heteroatoms. The van der Waals surface area contributed by atoms with E-state index in [4.69, 9.17) is 10.5 Å². The normalized spacial score (nSPS) is 13.3. The highest BCUT2D eigenvalue weighted by molar-refractivity contribution is 5.68. The highest BCUT2D eigenvalue weighted by atomic mass is 19.1. The van der Waals surface area contributed by atoms with Gasteiger partial charge in [-0.2, -0.15) is 4.98 Å². The molecule has 4 rings (SSSR count). The van der Waals surface area contributed by atoms with E-state index in [-0.39, 0.29) is 17.8 Å². The van der Waals surface area contributed by atoms with Gasteiger partial charge in [0.2, 0.25) is 5.95 Å². The van der Waals surface area contributed by atoms with Gasteiger partial charge in [-0.05, 0) is 32.0 Å². The molecule has 0 radical (unpaired) electrons. The average Bonchev–Trinajstić information content (AvgIpc) is 3.08. The fourth-order valence-electron chi connectivity index (χ4n) is 2.84. The lowest BCUT2D eigenvalue weighted by atomic mass is 10.2. The molecule has 0 spiro atoms. The monoisotopic (exact) mass is 328 g/mol. The maximum Gasteiger partial charge on any atom is 0.240 e. The molecule has 0 aliphatic carbocycles. The Bertz CT molecular complexity index is 913. The first kappa shape index (κ1) is 14.7. The Balaban J connectivity index is 1.88. The number of benzene rings is 1. The molecule has 1 aliphatic heterocycles. The quantitative estimate of drug-likeness (QED) is 0.781. The van der Waals surface area contributed by atoms with Crippen molar-refractivity contribution in [2.45, 2.75) is 26.4 Å². The van der Waals surface area contributed by atoms with Crippen molar-refractivity contribution in [1.29, 1.82) is 0 Å². The standard InChI is InChI=1S/C16H17FN6O/c1-9(2)23-15(20-16(18)21-23)12-8-22-5-6-24-13-4-3-10(17)7-11(13)14(22)19-12/h3-4,7-9H,5-6H2,1-2H3,(H2,18,21). The van der Waals surface area contributed by atoms with Crippen molar-refractivity contribution in [2.24, 2.45) is 0 Å². The molecule has 0 atom stereocenters. The Kier molecular flexibility index (Phi) is 3.26. The molecule has 7 nitrogen and oxygen atoms in total. The zero-order valence-corrected chi connectivity index (χ0v) is 13.4. The molecule has 0 saturated heterocycles. The predicted octanol–water partition coefficient (Wildman–Crippen LogP) is 2.50. The molecular weight excluding hydrogens is 311 g/mol. The van der Waals surface area contributed by atoms with Gasteiger partial charge in [0, 0.05) is 12.2 Å². The Morgan fingerprint density at radius 2 is 2.08 bits per heavy atom. The topological polar surface area (TPSA) is 83.8 Å². The number of anilines is 1. The Morgan fingerprint density at radius 3 is 2.88 bits per heavy atom. The highest BCUT2D eigenvalue weighted by Crippen LogP contribution is 2.34. The minimum Gasteiger partial charge on any atom is -0.491 e. The largest absolute Gasteiger partial charge is 0.491 e. The Morgan fingerprint density at radius 1 is 1.25 bits per heavy atom. The number of nitrogens with two attached hydrogens (primary N) is 1. The number of nitrogen functional groups attached to an aromatic ring is 1. The number of fused-ring (bicyclic) bond motifs is 3. The second-order valence-corrected chi connectivity index (χ2v) is 5.96. The second-order valence-electron chi connectivity index (χ2n) is 5.96. The number of nitrogens with zero attached hydrogens (tertiary/aromatic N) is 5. The molecule has 1 aromatic carbocycles. The summed E-state index contributed by atoms with van der Waals surface area (Å²) in [5.74, 6) is 1.74. The molecule has 124 valence electrons. The lowest BCUT2D eigenvalue weighted by Gasteiger charge is -2.07. The minimum atomic E-state index is -0.329. The fourth-order valence-corrected chi connectivity index (χ4v) is 2.84. The van der Waals surface area contributed by atoms with Gasteiger partial charge >= 0.3 is 0 Å². The first-order valence-corrected chi connectivity index (χ1v) is 7.75. The molecule has 2 N–H and O–H groups in total. The van der Waals surface area contributed by atoms with Gasteiger partial charge in [0.15, 0.2) is 5.82 Å². The van der Waals surface area contributed by atoms with Crippen LogP contribution in [0.5, 0.6) is 5.75 Å². The molecule has 0 saturated carbocycles. The fraction of sp³-hybridized carbons (Fsp3) is 0.312. The summed E-state index contributed by atoms with van der Waals surface area (Å²) in [6.07, 6.45) is 1.88. The van der Waals surface area contributed by atoms with Crippen LogP contribution in [0.2, 0.25) is 0 Å². The van der Waals surface area contributed by atoms with Crippen LogP contribution < -0.4 is 10.5 Å². The van der Waals surface area contributed by atoms with Crippen LogP contribution in [0.1, 0.15) is 19.9 Å². The number of hydrogen-bond acceptors (Lipinski definition) is 5. The summed E-state index contributed by atoms with van der Waals surface area (Å²) < 4.78 is 23.0. The molecule has 2 aromatic heterocycles. The molecule has 0 unspecified atom stereocenters. The highest BCUT2D eigenvalue weighted by Gasteiger charge is 2.22. The number of aromatic nitrogens is 5. The van der Waals surface area contributed by atoms with E-state index in [9.17, 15) is 4.39 Å². The molecule has 0 fully saturated rings. The van der Waals surface area contributed by atoms with Gasteiger partial charge in [0.25, 0.3) is 0 Å². The van der Waals surface area contributed by atoms with Crippen molar-refractivity contribution in [3.05, 3.63) is 30.2 Å². The number of imidazole rings is 1. The van der Waals surface area contributed by atoms with Crippen molar-refractivity contribution < 1.29 is 9.13 Å². The zero-order valence-electron chi connectivity index (χ0n) is 13.4. The number of rotatable bonds is 2. The van der Waals surface area contributed by atoms with E-state index in [0.717, 1.165) is 0 Å². The molecule has 1 aliphatic rings. The van der Waals surface area contributed by atoms with Crippen LogP contribution >= 0.6 is 0 Å². The first-order valence-electron chi connectivity index (χ1n) is 7.75. The van der Waals surface area contributed by atoms with Crippen molar-refractivity contribution in [2.75, 3.05) is 12.3 Å². The molecule has 0 amide bonds. The average molecular weight is 328 g/mol. The summed E-state index contributed by atoms with van der Waals surface area (Å²) in [6, 6.07) is 4.54. The predicted molar refractivity (Wildman–Crippen MR) is 86.9 cm³/mol. The lowest BCUT2D eigenvalue weighted by Crippen LogP contribution is -2.06. The van der Waals surface area contributed by atoms with E-state index in [1.807, 2.05) is 24.6 Å². The Hall–Kier alpha value is -2.90. The lowest BCUT2D eigenvalue weighted by molar-refractivity contribution is 0.306. The van der Waals surface area contributed by atoms with Gasteiger partial charge in [-0.3, -0.25) is 0 Å². The third-order valence-electron chi connectivity index (χ3n) is 3.91. The van der Waals surface area contributed by atoms with E-state index in [1.54, 1.807) is 10.7 Å². The summed E-state index contributed by atoms with van der Waals surface area (Å²) in [5.41, 5.74) is 7.03. The SMILES string of the molecule is CC(C)n1nc(N)nc1-c1cn2c(n1)-c1cc(F)ccc1OCC2. The molecule has 3 aromatic rings. The van der Waals surface area contributed by atoms with Crippen LogP contribution in [0.4, 0.5) is 10.3 Å². The van der Waals surface area contributed by atoms with Crippen molar-refractivity contribution >= 4 is 5.95 Å². The van der Waals surface area contributed by atoms with Gasteiger partial charge in [0.05, 0.1) is 12.1 Å². The van der Waals surface area contributed by atoms with Crippen LogP contribution in [0.25, 0.3) is 22.9 Å². The van der Waals surface area contributed by atoms with Gasteiger partial charge < -0.3 is 15.0 Å². The third-order valence-corrected chi connectivity index (χ3v) is 3.91. The van der Waals surface area contributed by atoms with Gasteiger partial charge in [-0.1, -0.05) is 0 Å². The van der Waals surface area contributed by atoms with Crippen molar-refractivity contribution in [3.8, 4) is 28.7 Å². The maximum absolute atomic E-state index is 13.7. The zero-order chi connectivity index (χ0) is 16.8. The minimum absolute atomic E-state index is 0.0966. The second kappa shape index (κ2) is 5.33. The van der Waals surface area contributed by atoms with Crippen LogP contribution in [-0.4, -0.2) is 30.9 Å². The number of hydrogen-bond donors (Lipinski definition) is 1. The first-order chi connectivity index (χ1) is 11.5. The summed E-state index contributed by atoms with van der Waals surface area (Å²) in [7, 11) is 0. The van der Waals surface area contributed by atoms with E-state index in [0.29, 0.717) is 41.8 Å². The number of halogens is 1. The van der Waals surface area contributed by atoms with Crippen LogP contribution in [0.3, 0.4) is 0 Å². The van der Waals surface area contributed by atoms with Crippen LogP contribution in [0.15, 0.2) is 24.4 Å². The summed E-state index contributed by atoms with van der Waals surface area (Å²) in [6.45, 7) is 5.10. The Labute approximate surface area is 137 Å². The van der Waals surface area contributed by atoms with E-state index in [1.165, 1.54) is 12.1 Å². The summed E-state index contributed by atoms with van der Waals surface area (Å²) in [5, 5.41) is 4.22. The van der Waals surface area contributed by atoms with E-state index < -0.39 is 0 Å². The van der Waals surface area contributed by atoms with Crippen LogP contribution in [0, 0.1) is 5.82 Å². The van der Waals surface area contributed by atoms with Gasteiger partial charge in [-0.15, -0.1) is 5.10 Å². The van der Waals surface area contributed by atoms with E-state index >= 15 is 0 Å². The molecule has 24 heavy (non-hydrogen) atoms. The summed E-state index contributed by atoms with van der Waals surface area (Å²) in [4.78, 5) is 8.95. The molecule has 3 heterocycles. The molecular formula is C16H17FN6O. The molecule has 0 bridgehead atoms. The van der Waals surface area contributed by atoms with Gasteiger partial charge in [-0.25, -0.2) is 14.1 Å². The van der Waals surface area contributed by atoms with Crippen molar-refractivity contribution in [3.63, 3.8) is 0 Å². The smallest absolute Gasteiger partial charge is 0.240 e. The summed E-state index contributed by atoms with van der Waals surface area (Å²) >= 11 is 0. The number of ether oxygens (including phenoxy) is 1. The van der Waals surface area contributed by atoms with Crippen molar-refractivity contribution in [1.82, 2.24) is 24.3 Å². The maximum atomic E-state index is 13.7. The van der Waals surface area contributed by atoms with Crippen LogP contribution in [-0.2, 0) is 6.54 Å². The third kappa shape index (κ3) is 2.31. The van der Waals surface area contributed by atoms with E-state index in [2.05, 4.69) is 15.1 Å².